The largest absolute Gasteiger partial charge is 0.466 e. The molecule has 0 aliphatic rings. The molecule has 0 bridgehead atoms. The second kappa shape index (κ2) is 36.9. The van der Waals surface area contributed by atoms with Crippen LogP contribution in [0.1, 0.15) is 239 Å². The first-order valence-corrected chi connectivity index (χ1v) is 20.5. The third kappa shape index (κ3) is 34.3. The van der Waals surface area contributed by atoms with E-state index in [-0.39, 0.29) is 12.1 Å². The fourth-order valence-corrected chi connectivity index (χ4v) is 6.64. The van der Waals surface area contributed by atoms with Crippen molar-refractivity contribution in [3.63, 3.8) is 0 Å². The van der Waals surface area contributed by atoms with Crippen LogP contribution >= 0.6 is 0 Å². The van der Waals surface area contributed by atoms with Crippen LogP contribution in [0.2, 0.25) is 0 Å². The number of carbonyl (C=O) groups is 1. The zero-order valence-electron chi connectivity index (χ0n) is 30.7. The fourth-order valence-electron chi connectivity index (χ4n) is 6.64. The van der Waals surface area contributed by atoms with E-state index in [2.05, 4.69) is 20.8 Å². The van der Waals surface area contributed by atoms with Crippen LogP contribution < -0.4 is 0 Å². The number of aliphatic hydroxyl groups is 1. The zero-order valence-corrected chi connectivity index (χ0v) is 30.7. The molecule has 0 fully saturated rings. The van der Waals surface area contributed by atoms with E-state index in [4.69, 9.17) is 4.74 Å². The molecule has 44 heavy (non-hydrogen) atoms. The molecule has 0 aliphatic heterocycles. The average molecular weight is 623 g/mol. The van der Waals surface area contributed by atoms with Gasteiger partial charge >= 0.3 is 5.97 Å². The lowest BCUT2D eigenvalue weighted by Crippen LogP contribution is -2.11. The first-order valence-electron chi connectivity index (χ1n) is 20.5. The summed E-state index contributed by atoms with van der Waals surface area (Å²) in [5, 5.41) is 10.2. The van der Waals surface area contributed by atoms with E-state index in [0.29, 0.717) is 18.9 Å². The van der Waals surface area contributed by atoms with Crippen molar-refractivity contribution in [2.24, 2.45) is 5.92 Å². The first-order chi connectivity index (χ1) is 21.6. The Hall–Kier alpha value is -0.570. The number of esters is 1. The van der Waals surface area contributed by atoms with Crippen molar-refractivity contribution in [3.8, 4) is 0 Å². The van der Waals surface area contributed by atoms with Gasteiger partial charge in [-0.3, -0.25) is 4.79 Å². The van der Waals surface area contributed by atoms with Crippen molar-refractivity contribution in [2.45, 2.75) is 245 Å². The molecule has 0 radical (unpaired) electrons. The molecule has 0 aromatic heterocycles. The Balaban J connectivity index is 4.06. The number of ether oxygens (including phenoxy) is 1. The van der Waals surface area contributed by atoms with E-state index in [0.717, 1.165) is 44.9 Å². The highest BCUT2D eigenvalue weighted by Gasteiger charge is 2.11. The van der Waals surface area contributed by atoms with Gasteiger partial charge in [0.1, 0.15) is 0 Å². The van der Waals surface area contributed by atoms with Crippen molar-refractivity contribution in [3.05, 3.63) is 0 Å². The Morgan fingerprint density at radius 2 is 0.750 bits per heavy atom. The summed E-state index contributed by atoms with van der Waals surface area (Å²) in [5.74, 6) is 0.701. The van der Waals surface area contributed by atoms with Gasteiger partial charge in [0.25, 0.3) is 0 Å². The SMILES string of the molecule is CCCCCCCCCCCCC(CCCCCCCCCCCC)CCOC(=O)CCCCCC(O)CCCCCCC. The Labute approximate surface area is 277 Å². The summed E-state index contributed by atoms with van der Waals surface area (Å²) in [6.45, 7) is 7.43. The van der Waals surface area contributed by atoms with Crippen molar-refractivity contribution in [1.82, 2.24) is 0 Å². The van der Waals surface area contributed by atoms with E-state index in [1.165, 1.54) is 167 Å². The van der Waals surface area contributed by atoms with Gasteiger partial charge in [-0.05, 0) is 31.6 Å². The molecule has 0 spiro atoms. The number of hydrogen-bond acceptors (Lipinski definition) is 3. The molecular weight excluding hydrogens is 540 g/mol. The van der Waals surface area contributed by atoms with Crippen molar-refractivity contribution in [2.75, 3.05) is 6.61 Å². The molecule has 264 valence electrons. The zero-order chi connectivity index (χ0) is 32.2. The lowest BCUT2D eigenvalue weighted by molar-refractivity contribution is -0.144. The molecule has 0 saturated heterocycles. The fraction of sp³-hybridized carbons (Fsp3) is 0.976. The van der Waals surface area contributed by atoms with Crippen LogP contribution in [0.3, 0.4) is 0 Å². The second-order valence-electron chi connectivity index (χ2n) is 14.3. The molecule has 0 aliphatic carbocycles. The van der Waals surface area contributed by atoms with Crippen LogP contribution in [-0.4, -0.2) is 23.8 Å². The van der Waals surface area contributed by atoms with Gasteiger partial charge in [0.2, 0.25) is 0 Å². The minimum atomic E-state index is -0.161. The van der Waals surface area contributed by atoms with Crippen LogP contribution in [0.4, 0.5) is 0 Å². The Kier molecular flexibility index (Phi) is 36.4. The van der Waals surface area contributed by atoms with Gasteiger partial charge in [-0.1, -0.05) is 207 Å². The monoisotopic (exact) mass is 623 g/mol. The average Bonchev–Trinajstić information content (AvgIpc) is 3.02. The molecular formula is C41H82O3. The summed E-state index contributed by atoms with van der Waals surface area (Å²) >= 11 is 0. The number of rotatable bonds is 37. The van der Waals surface area contributed by atoms with E-state index in [1.54, 1.807) is 0 Å². The maximum absolute atomic E-state index is 12.4. The molecule has 0 aromatic rings. The maximum atomic E-state index is 12.4. The van der Waals surface area contributed by atoms with Crippen LogP contribution in [0.25, 0.3) is 0 Å². The number of unbranched alkanes of at least 4 members (excludes halogenated alkanes) is 24. The highest BCUT2D eigenvalue weighted by Crippen LogP contribution is 2.23. The highest BCUT2D eigenvalue weighted by molar-refractivity contribution is 5.69. The summed E-state index contributed by atoms with van der Waals surface area (Å²) in [4.78, 5) is 12.4. The van der Waals surface area contributed by atoms with Crippen molar-refractivity contribution < 1.29 is 14.6 Å². The van der Waals surface area contributed by atoms with Gasteiger partial charge in [0.15, 0.2) is 0 Å². The number of aliphatic hydroxyl groups excluding tert-OH is 1. The topological polar surface area (TPSA) is 46.5 Å². The molecule has 3 heteroatoms. The summed E-state index contributed by atoms with van der Waals surface area (Å²) in [6, 6.07) is 0. The van der Waals surface area contributed by atoms with Crippen molar-refractivity contribution in [1.29, 1.82) is 0 Å². The first kappa shape index (κ1) is 43.4. The minimum Gasteiger partial charge on any atom is -0.466 e. The van der Waals surface area contributed by atoms with Gasteiger partial charge in [0.05, 0.1) is 12.7 Å². The highest BCUT2D eigenvalue weighted by atomic mass is 16.5. The minimum absolute atomic E-state index is 0.0157. The van der Waals surface area contributed by atoms with E-state index in [1.807, 2.05) is 0 Å². The number of carbonyl (C=O) groups excluding carboxylic acids is 1. The van der Waals surface area contributed by atoms with Gasteiger partial charge in [0, 0.05) is 6.42 Å². The Morgan fingerprint density at radius 1 is 0.432 bits per heavy atom. The van der Waals surface area contributed by atoms with Crippen LogP contribution in [0, 0.1) is 5.92 Å². The van der Waals surface area contributed by atoms with Crippen LogP contribution in [0.15, 0.2) is 0 Å². The third-order valence-electron chi connectivity index (χ3n) is 9.78. The maximum Gasteiger partial charge on any atom is 0.305 e. The molecule has 1 unspecified atom stereocenters. The predicted octanol–water partition coefficient (Wildman–Crippen LogP) is 13.8. The van der Waals surface area contributed by atoms with Crippen LogP contribution in [0.5, 0.6) is 0 Å². The molecule has 1 atom stereocenters. The van der Waals surface area contributed by atoms with Gasteiger partial charge in [-0.25, -0.2) is 0 Å². The number of hydrogen-bond donors (Lipinski definition) is 1. The molecule has 0 amide bonds. The quantitative estimate of drug-likeness (QED) is 0.0554. The standard InChI is InChI=1S/C41H82O3/c1-4-7-10-13-15-17-19-21-24-27-32-39(33-28-25-22-20-18-16-14-11-8-5-2)37-38-44-41(43)36-31-26-30-35-40(42)34-29-23-12-9-6-3/h39-40,42H,4-38H2,1-3H3. The third-order valence-corrected chi connectivity index (χ3v) is 9.78. The lowest BCUT2D eigenvalue weighted by Gasteiger charge is -2.17. The van der Waals surface area contributed by atoms with Crippen molar-refractivity contribution >= 4 is 5.97 Å². The normalized spacial score (nSPS) is 12.3. The van der Waals surface area contributed by atoms with E-state index < -0.39 is 0 Å². The molecule has 3 nitrogen and oxygen atoms in total. The van der Waals surface area contributed by atoms with Gasteiger partial charge in [-0.2, -0.15) is 0 Å². The Bertz CT molecular complexity index is 524. The summed E-state index contributed by atoms with van der Waals surface area (Å²) in [7, 11) is 0. The Morgan fingerprint density at radius 3 is 1.14 bits per heavy atom. The molecule has 0 rings (SSSR count). The lowest BCUT2D eigenvalue weighted by atomic mass is 9.91. The summed E-state index contributed by atoms with van der Waals surface area (Å²) < 4.78 is 5.70. The predicted molar refractivity (Wildman–Crippen MR) is 194 cm³/mol. The summed E-state index contributed by atoms with van der Waals surface area (Å²) in [6.07, 6.45) is 42.9. The molecule has 0 aromatic carbocycles. The van der Waals surface area contributed by atoms with E-state index >= 15 is 0 Å². The van der Waals surface area contributed by atoms with E-state index in [9.17, 15) is 9.90 Å². The smallest absolute Gasteiger partial charge is 0.305 e. The molecule has 1 N–H and O–H groups in total. The van der Waals surface area contributed by atoms with Crippen LogP contribution in [-0.2, 0) is 9.53 Å². The van der Waals surface area contributed by atoms with Gasteiger partial charge in [-0.15, -0.1) is 0 Å². The molecule has 0 heterocycles. The van der Waals surface area contributed by atoms with Gasteiger partial charge < -0.3 is 9.84 Å². The molecule has 0 saturated carbocycles. The second-order valence-corrected chi connectivity index (χ2v) is 14.3. The summed E-state index contributed by atoms with van der Waals surface area (Å²) in [5.41, 5.74) is 0.